The normalized spacial score (nSPS) is 16.2. The van der Waals surface area contributed by atoms with Crippen molar-refractivity contribution in [1.29, 1.82) is 0 Å². The van der Waals surface area contributed by atoms with Gasteiger partial charge in [0, 0.05) is 17.0 Å². The Balaban J connectivity index is 1.61. The number of fused-ring (bicyclic) bond motifs is 1. The maximum atomic E-state index is 12.2. The third-order valence-electron chi connectivity index (χ3n) is 3.66. The number of para-hydroxylation sites is 1. The number of halogens is 2. The lowest BCUT2D eigenvalue weighted by molar-refractivity contribution is -0.120. The van der Waals surface area contributed by atoms with E-state index >= 15 is 0 Å². The van der Waals surface area contributed by atoms with Crippen molar-refractivity contribution in [2.24, 2.45) is 0 Å². The average Bonchev–Trinajstić information content (AvgIpc) is 2.56. The molecule has 4 nitrogen and oxygen atoms in total. The van der Waals surface area contributed by atoms with Crippen molar-refractivity contribution in [1.82, 2.24) is 5.32 Å². The molecule has 0 radical (unpaired) electrons. The van der Waals surface area contributed by atoms with Gasteiger partial charge in [0.1, 0.15) is 5.75 Å². The molecule has 1 unspecified atom stereocenters. The number of anilines is 1. The van der Waals surface area contributed by atoms with Crippen molar-refractivity contribution >= 4 is 34.8 Å². The fourth-order valence-corrected chi connectivity index (χ4v) is 2.90. The Morgan fingerprint density at radius 2 is 2.04 bits per heavy atom. The molecule has 0 aromatic heterocycles. The highest BCUT2D eigenvalue weighted by Gasteiger charge is 2.22. The van der Waals surface area contributed by atoms with Crippen LogP contribution in [0.1, 0.15) is 18.0 Å². The van der Waals surface area contributed by atoms with Gasteiger partial charge < -0.3 is 15.4 Å². The highest BCUT2D eigenvalue weighted by atomic mass is 35.5. The third-order valence-corrected chi connectivity index (χ3v) is 4.23. The van der Waals surface area contributed by atoms with Gasteiger partial charge in [-0.3, -0.25) is 4.79 Å². The van der Waals surface area contributed by atoms with Gasteiger partial charge in [0.05, 0.1) is 29.9 Å². The van der Waals surface area contributed by atoms with Crippen LogP contribution in [0, 0.1) is 0 Å². The molecule has 1 heterocycles. The van der Waals surface area contributed by atoms with Crippen LogP contribution >= 0.6 is 23.2 Å². The zero-order chi connectivity index (χ0) is 16.2. The highest BCUT2D eigenvalue weighted by Crippen LogP contribution is 2.31. The lowest BCUT2D eigenvalue weighted by atomic mass is 10.0. The molecule has 6 heteroatoms. The minimum Gasteiger partial charge on any atom is -0.493 e. The summed E-state index contributed by atoms with van der Waals surface area (Å²) in [6.07, 6.45) is 0.751. The second kappa shape index (κ2) is 7.11. The average molecular weight is 351 g/mol. The van der Waals surface area contributed by atoms with Gasteiger partial charge in [-0.05, 0) is 24.3 Å². The van der Waals surface area contributed by atoms with Crippen LogP contribution in [0.25, 0.3) is 0 Å². The van der Waals surface area contributed by atoms with E-state index in [1.54, 1.807) is 18.2 Å². The number of carbonyl (C=O) groups excluding carboxylic acids is 1. The van der Waals surface area contributed by atoms with Gasteiger partial charge in [-0.1, -0.05) is 41.4 Å². The van der Waals surface area contributed by atoms with Crippen molar-refractivity contribution in [2.75, 3.05) is 18.5 Å². The number of carbonyl (C=O) groups is 1. The Labute approximate surface area is 144 Å². The molecule has 1 atom stereocenters. The Morgan fingerprint density at radius 1 is 1.22 bits per heavy atom. The first-order chi connectivity index (χ1) is 11.1. The first-order valence-corrected chi connectivity index (χ1v) is 8.09. The molecule has 120 valence electrons. The number of rotatable bonds is 4. The van der Waals surface area contributed by atoms with Crippen LogP contribution in [0.2, 0.25) is 10.0 Å². The fraction of sp³-hybridized carbons (Fsp3) is 0.235. The van der Waals surface area contributed by atoms with Crippen LogP contribution in [-0.4, -0.2) is 19.1 Å². The molecule has 2 aromatic rings. The second-order valence-electron chi connectivity index (χ2n) is 5.27. The minimum absolute atomic E-state index is 0.0379. The maximum Gasteiger partial charge on any atom is 0.239 e. The predicted octanol–water partition coefficient (Wildman–Crippen LogP) is 4.05. The molecule has 0 spiro atoms. The Morgan fingerprint density at radius 3 is 2.91 bits per heavy atom. The second-order valence-corrected chi connectivity index (χ2v) is 6.12. The molecule has 1 amide bonds. The van der Waals surface area contributed by atoms with E-state index in [2.05, 4.69) is 10.6 Å². The van der Waals surface area contributed by atoms with Crippen LogP contribution in [0.5, 0.6) is 5.75 Å². The van der Waals surface area contributed by atoms with Crippen molar-refractivity contribution in [3.05, 3.63) is 58.1 Å². The van der Waals surface area contributed by atoms with E-state index in [0.717, 1.165) is 17.7 Å². The summed E-state index contributed by atoms with van der Waals surface area (Å²) < 4.78 is 5.59. The molecule has 2 aromatic carbocycles. The van der Waals surface area contributed by atoms with Crippen molar-refractivity contribution in [3.63, 3.8) is 0 Å². The Bertz CT molecular complexity index is 721. The SMILES string of the molecule is O=C(CNc1cc(Cl)ccc1Cl)NC1CCOc2ccccc21. The lowest BCUT2D eigenvalue weighted by Crippen LogP contribution is -2.35. The van der Waals surface area contributed by atoms with Crippen molar-refractivity contribution < 1.29 is 9.53 Å². The van der Waals surface area contributed by atoms with E-state index in [0.29, 0.717) is 22.3 Å². The van der Waals surface area contributed by atoms with Gasteiger partial charge in [0.2, 0.25) is 5.91 Å². The molecule has 0 saturated carbocycles. The summed E-state index contributed by atoms with van der Waals surface area (Å²) in [4.78, 5) is 12.2. The Hall–Kier alpha value is -1.91. The van der Waals surface area contributed by atoms with Gasteiger partial charge in [-0.2, -0.15) is 0 Å². The van der Waals surface area contributed by atoms with Crippen LogP contribution in [0.3, 0.4) is 0 Å². The molecule has 2 N–H and O–H groups in total. The first kappa shape index (κ1) is 16.0. The predicted molar refractivity (Wildman–Crippen MR) is 92.4 cm³/mol. The van der Waals surface area contributed by atoms with E-state index in [1.807, 2.05) is 24.3 Å². The van der Waals surface area contributed by atoms with E-state index in [-0.39, 0.29) is 18.5 Å². The largest absolute Gasteiger partial charge is 0.493 e. The zero-order valence-corrected chi connectivity index (χ0v) is 13.8. The number of benzene rings is 2. The van der Waals surface area contributed by atoms with Crippen molar-refractivity contribution in [3.8, 4) is 5.75 Å². The standard InChI is InChI=1S/C17H16Cl2N2O2/c18-11-5-6-13(19)15(9-11)20-10-17(22)21-14-7-8-23-16-4-2-1-3-12(14)16/h1-6,9,14,20H,7-8,10H2,(H,21,22). The van der Waals surface area contributed by atoms with E-state index in [4.69, 9.17) is 27.9 Å². The lowest BCUT2D eigenvalue weighted by Gasteiger charge is -2.26. The minimum atomic E-state index is -0.109. The number of ether oxygens (including phenoxy) is 1. The summed E-state index contributed by atoms with van der Waals surface area (Å²) in [6.45, 7) is 0.717. The third kappa shape index (κ3) is 3.89. The highest BCUT2D eigenvalue weighted by molar-refractivity contribution is 6.35. The molecular weight excluding hydrogens is 335 g/mol. The zero-order valence-electron chi connectivity index (χ0n) is 12.3. The molecule has 0 bridgehead atoms. The maximum absolute atomic E-state index is 12.2. The van der Waals surface area contributed by atoms with Gasteiger partial charge in [-0.25, -0.2) is 0 Å². The molecule has 1 aliphatic heterocycles. The Kier molecular flexibility index (Phi) is 4.94. The topological polar surface area (TPSA) is 50.4 Å². The van der Waals surface area contributed by atoms with Gasteiger partial charge in [-0.15, -0.1) is 0 Å². The van der Waals surface area contributed by atoms with E-state index in [1.165, 1.54) is 0 Å². The number of hydrogen-bond donors (Lipinski definition) is 2. The quantitative estimate of drug-likeness (QED) is 0.874. The number of nitrogens with one attached hydrogen (secondary N) is 2. The van der Waals surface area contributed by atoms with Crippen LogP contribution in [0.15, 0.2) is 42.5 Å². The van der Waals surface area contributed by atoms with Crippen LogP contribution in [-0.2, 0) is 4.79 Å². The van der Waals surface area contributed by atoms with Crippen molar-refractivity contribution in [2.45, 2.75) is 12.5 Å². The molecule has 23 heavy (non-hydrogen) atoms. The summed E-state index contributed by atoms with van der Waals surface area (Å²) in [6, 6.07) is 12.8. The molecule has 0 fully saturated rings. The van der Waals surface area contributed by atoms with Crippen LogP contribution < -0.4 is 15.4 Å². The molecule has 0 saturated heterocycles. The fourth-order valence-electron chi connectivity index (χ4n) is 2.55. The van der Waals surface area contributed by atoms with Gasteiger partial charge in [0.15, 0.2) is 0 Å². The summed E-state index contributed by atoms with van der Waals surface area (Å²) in [5.74, 6) is 0.720. The van der Waals surface area contributed by atoms with E-state index < -0.39 is 0 Å². The van der Waals surface area contributed by atoms with E-state index in [9.17, 15) is 4.79 Å². The summed E-state index contributed by atoms with van der Waals surface area (Å²) in [5.41, 5.74) is 1.65. The molecule has 3 rings (SSSR count). The smallest absolute Gasteiger partial charge is 0.239 e. The molecular formula is C17H16Cl2N2O2. The number of amides is 1. The summed E-state index contributed by atoms with van der Waals surface area (Å²) >= 11 is 12.0. The van der Waals surface area contributed by atoms with Crippen LogP contribution in [0.4, 0.5) is 5.69 Å². The molecule has 1 aliphatic rings. The monoisotopic (exact) mass is 350 g/mol. The molecule has 0 aliphatic carbocycles. The first-order valence-electron chi connectivity index (χ1n) is 7.33. The number of hydrogen-bond acceptors (Lipinski definition) is 3. The summed E-state index contributed by atoms with van der Waals surface area (Å²) in [5, 5.41) is 7.12. The van der Waals surface area contributed by atoms with Gasteiger partial charge in [0.25, 0.3) is 0 Å². The summed E-state index contributed by atoms with van der Waals surface area (Å²) in [7, 11) is 0. The van der Waals surface area contributed by atoms with Gasteiger partial charge >= 0.3 is 0 Å².